The van der Waals surface area contributed by atoms with Gasteiger partial charge in [0.15, 0.2) is 5.82 Å². The molecule has 4 heterocycles. The summed E-state index contributed by atoms with van der Waals surface area (Å²) >= 11 is 0. The summed E-state index contributed by atoms with van der Waals surface area (Å²) in [5.41, 5.74) is 0.537. The van der Waals surface area contributed by atoms with Crippen molar-refractivity contribution in [1.82, 2.24) is 44.6 Å². The first-order valence-corrected chi connectivity index (χ1v) is 8.79. The number of nitrogens with one attached hydrogen (secondary N) is 1. The number of hydrogen-bond acceptors (Lipinski definition) is 6. The highest BCUT2D eigenvalue weighted by atomic mass is 16.2. The number of amides is 1. The van der Waals surface area contributed by atoms with Gasteiger partial charge in [0, 0.05) is 31.7 Å². The molecule has 3 aromatic rings. The molecule has 1 fully saturated rings. The van der Waals surface area contributed by atoms with E-state index in [1.807, 2.05) is 4.90 Å². The molecule has 0 aromatic carbocycles. The topological polar surface area (TPSA) is 110 Å². The maximum atomic E-state index is 12.4. The number of hydrogen-bond donors (Lipinski definition) is 1. The molecule has 4 rings (SSSR count). The summed E-state index contributed by atoms with van der Waals surface area (Å²) in [6.45, 7) is 4.86. The highest BCUT2D eigenvalue weighted by Crippen LogP contribution is 2.28. The smallest absolute Gasteiger partial charge is 0.271 e. The molecule has 0 atom stereocenters. The number of likely N-dealkylation sites (tertiary alicyclic amines) is 1. The summed E-state index contributed by atoms with van der Waals surface area (Å²) < 4.78 is 3.89. The Hall–Kier alpha value is -3.04. The van der Waals surface area contributed by atoms with Crippen LogP contribution in [0.5, 0.6) is 0 Å². The van der Waals surface area contributed by atoms with Gasteiger partial charge in [-0.3, -0.25) is 9.89 Å². The number of rotatable bonds is 5. The van der Waals surface area contributed by atoms with E-state index in [0.717, 1.165) is 31.0 Å². The summed E-state index contributed by atoms with van der Waals surface area (Å²) in [6, 6.07) is 1.71. The van der Waals surface area contributed by atoms with E-state index in [4.69, 9.17) is 0 Å². The van der Waals surface area contributed by atoms with E-state index >= 15 is 0 Å². The molecule has 0 aliphatic carbocycles. The summed E-state index contributed by atoms with van der Waals surface area (Å²) in [6.07, 6.45) is 6.54. The van der Waals surface area contributed by atoms with Crippen molar-refractivity contribution in [3.05, 3.63) is 42.3 Å². The minimum atomic E-state index is 0.00443. The molecule has 26 heavy (non-hydrogen) atoms. The first-order valence-electron chi connectivity index (χ1n) is 8.79. The second-order valence-corrected chi connectivity index (χ2v) is 6.35. The van der Waals surface area contributed by atoms with E-state index in [1.54, 1.807) is 23.3 Å². The maximum absolute atomic E-state index is 12.4. The zero-order chi connectivity index (χ0) is 17.9. The van der Waals surface area contributed by atoms with Crippen molar-refractivity contribution >= 4 is 5.91 Å². The van der Waals surface area contributed by atoms with Gasteiger partial charge in [-0.1, -0.05) is 0 Å². The SMILES string of the molecule is CCn1c(Cn2cncn2)nnc1C1CCN(C(=O)c2ccn[nH]2)CC1. The van der Waals surface area contributed by atoms with Crippen molar-refractivity contribution < 1.29 is 4.79 Å². The Bertz CT molecular complexity index is 845. The molecule has 1 aliphatic rings. The van der Waals surface area contributed by atoms with Crippen molar-refractivity contribution in [2.75, 3.05) is 13.1 Å². The Balaban J connectivity index is 1.44. The Morgan fingerprint density at radius 1 is 1.31 bits per heavy atom. The molecule has 0 unspecified atom stereocenters. The Kier molecular flexibility index (Phi) is 4.46. The van der Waals surface area contributed by atoms with Crippen LogP contribution in [0.25, 0.3) is 0 Å². The van der Waals surface area contributed by atoms with Gasteiger partial charge in [-0.15, -0.1) is 10.2 Å². The lowest BCUT2D eigenvalue weighted by Gasteiger charge is -2.31. The molecule has 10 nitrogen and oxygen atoms in total. The molecule has 136 valence electrons. The molecule has 1 saturated heterocycles. The minimum Gasteiger partial charge on any atom is -0.337 e. The third kappa shape index (κ3) is 3.09. The van der Waals surface area contributed by atoms with E-state index in [2.05, 4.69) is 42.0 Å². The number of nitrogens with zero attached hydrogens (tertiary/aromatic N) is 8. The van der Waals surface area contributed by atoms with Crippen LogP contribution in [-0.4, -0.2) is 63.6 Å². The van der Waals surface area contributed by atoms with Gasteiger partial charge < -0.3 is 9.47 Å². The first-order chi connectivity index (χ1) is 12.8. The molecule has 0 spiro atoms. The van der Waals surface area contributed by atoms with Crippen molar-refractivity contribution in [3.63, 3.8) is 0 Å². The third-order valence-electron chi connectivity index (χ3n) is 4.82. The zero-order valence-electron chi connectivity index (χ0n) is 14.6. The van der Waals surface area contributed by atoms with Crippen LogP contribution in [0.3, 0.4) is 0 Å². The Labute approximate surface area is 150 Å². The van der Waals surface area contributed by atoms with Crippen LogP contribution in [-0.2, 0) is 13.1 Å². The van der Waals surface area contributed by atoms with Gasteiger partial charge in [0.1, 0.15) is 30.7 Å². The standard InChI is InChI=1S/C16H21N9O/c1-2-25-14(9-24-11-17-10-19-24)21-22-15(25)12-4-7-23(8-5-12)16(26)13-3-6-18-20-13/h3,6,10-12H,2,4-5,7-9H2,1H3,(H,18,20). The van der Waals surface area contributed by atoms with Crippen molar-refractivity contribution in [2.45, 2.75) is 38.8 Å². The number of aromatic nitrogens is 8. The number of carbonyl (C=O) groups is 1. The average molecular weight is 355 g/mol. The quantitative estimate of drug-likeness (QED) is 0.720. The van der Waals surface area contributed by atoms with Crippen LogP contribution in [0.2, 0.25) is 0 Å². The predicted molar refractivity (Wildman–Crippen MR) is 91.3 cm³/mol. The third-order valence-corrected chi connectivity index (χ3v) is 4.82. The number of carbonyl (C=O) groups excluding carboxylic acids is 1. The van der Waals surface area contributed by atoms with E-state index < -0.39 is 0 Å². The van der Waals surface area contributed by atoms with E-state index in [0.29, 0.717) is 31.2 Å². The normalized spacial score (nSPS) is 15.5. The van der Waals surface area contributed by atoms with Gasteiger partial charge in [0.05, 0.1) is 0 Å². The Morgan fingerprint density at radius 2 is 2.15 bits per heavy atom. The second-order valence-electron chi connectivity index (χ2n) is 6.35. The van der Waals surface area contributed by atoms with Crippen LogP contribution in [0.4, 0.5) is 0 Å². The fourth-order valence-electron chi connectivity index (χ4n) is 3.46. The van der Waals surface area contributed by atoms with Crippen LogP contribution < -0.4 is 0 Å². The van der Waals surface area contributed by atoms with Gasteiger partial charge in [0.25, 0.3) is 5.91 Å². The molecular weight excluding hydrogens is 334 g/mol. The monoisotopic (exact) mass is 355 g/mol. The summed E-state index contributed by atoms with van der Waals surface area (Å²) in [5.74, 6) is 2.18. The van der Waals surface area contributed by atoms with Crippen LogP contribution in [0, 0.1) is 0 Å². The van der Waals surface area contributed by atoms with E-state index in [9.17, 15) is 4.79 Å². The molecule has 1 aliphatic heterocycles. The molecule has 0 saturated carbocycles. The number of aromatic amines is 1. The van der Waals surface area contributed by atoms with Gasteiger partial charge >= 0.3 is 0 Å². The lowest BCUT2D eigenvalue weighted by atomic mass is 9.95. The van der Waals surface area contributed by atoms with E-state index in [1.165, 1.54) is 6.33 Å². The van der Waals surface area contributed by atoms with Gasteiger partial charge in [-0.25, -0.2) is 9.67 Å². The summed E-state index contributed by atoms with van der Waals surface area (Å²) in [5, 5.41) is 19.5. The molecule has 1 amide bonds. The molecule has 0 bridgehead atoms. The van der Waals surface area contributed by atoms with Crippen LogP contribution in [0.15, 0.2) is 24.9 Å². The van der Waals surface area contributed by atoms with Gasteiger partial charge in [0.2, 0.25) is 0 Å². The number of H-pyrrole nitrogens is 1. The molecule has 0 radical (unpaired) electrons. The predicted octanol–water partition coefficient (Wildman–Crippen LogP) is 0.681. The van der Waals surface area contributed by atoms with Crippen LogP contribution in [0.1, 0.15) is 47.8 Å². The molecular formula is C16H21N9O. The number of piperidine rings is 1. The average Bonchev–Trinajstić information content (AvgIpc) is 3.43. The fourth-order valence-corrected chi connectivity index (χ4v) is 3.46. The minimum absolute atomic E-state index is 0.00443. The maximum Gasteiger partial charge on any atom is 0.271 e. The fraction of sp³-hybridized carbons (Fsp3) is 0.500. The van der Waals surface area contributed by atoms with Crippen molar-refractivity contribution in [1.29, 1.82) is 0 Å². The van der Waals surface area contributed by atoms with Crippen molar-refractivity contribution in [2.24, 2.45) is 0 Å². The second kappa shape index (κ2) is 7.06. The van der Waals surface area contributed by atoms with Crippen LogP contribution >= 0.6 is 0 Å². The summed E-state index contributed by atoms with van der Waals surface area (Å²) in [7, 11) is 0. The first kappa shape index (κ1) is 16.4. The van der Waals surface area contributed by atoms with E-state index in [-0.39, 0.29) is 5.91 Å². The van der Waals surface area contributed by atoms with Gasteiger partial charge in [-0.05, 0) is 25.8 Å². The highest BCUT2D eigenvalue weighted by Gasteiger charge is 2.28. The molecule has 3 aromatic heterocycles. The van der Waals surface area contributed by atoms with Crippen molar-refractivity contribution in [3.8, 4) is 0 Å². The lowest BCUT2D eigenvalue weighted by molar-refractivity contribution is 0.0704. The summed E-state index contributed by atoms with van der Waals surface area (Å²) in [4.78, 5) is 18.2. The zero-order valence-corrected chi connectivity index (χ0v) is 14.6. The molecule has 10 heteroatoms. The highest BCUT2D eigenvalue weighted by molar-refractivity contribution is 5.92. The largest absolute Gasteiger partial charge is 0.337 e. The van der Waals surface area contributed by atoms with Gasteiger partial charge in [-0.2, -0.15) is 10.2 Å². The molecule has 1 N–H and O–H groups in total. The lowest BCUT2D eigenvalue weighted by Crippen LogP contribution is -2.38. The Morgan fingerprint density at radius 3 is 2.81 bits per heavy atom.